The average Bonchev–Trinajstić information content (AvgIpc) is 3.42. The van der Waals surface area contributed by atoms with Crippen LogP contribution in [0.25, 0.3) is 5.65 Å². The number of carbonyl (C=O) groups is 2. The third-order valence-electron chi connectivity index (χ3n) is 7.83. The lowest BCUT2D eigenvalue weighted by Crippen LogP contribution is -2.47. The first kappa shape index (κ1) is 28.7. The standard InChI is InChI=1S/C30H38FN7O3/c1-4-27(40)37-12-6-5-7-25(37)26(39)16-20-8-9-24(31)21(15-20)17-32-30-36-29(34-22-10-13-41-14-11-22)35-28-23(19(2)3)18-33-38(28)30/h4,8-9,15,18-19,22,25H,1,5-7,10-14,16-17H2,2-3H3,(H2,32,34,35,36). The van der Waals surface area contributed by atoms with E-state index in [9.17, 15) is 14.0 Å². The van der Waals surface area contributed by atoms with E-state index in [1.807, 2.05) is 0 Å². The minimum atomic E-state index is -0.480. The smallest absolute Gasteiger partial charge is 0.246 e. The zero-order valence-corrected chi connectivity index (χ0v) is 23.7. The summed E-state index contributed by atoms with van der Waals surface area (Å²) >= 11 is 0. The van der Waals surface area contributed by atoms with Crippen molar-refractivity contribution in [3.05, 3.63) is 59.6 Å². The molecule has 218 valence electrons. The van der Waals surface area contributed by atoms with Gasteiger partial charge in [-0.15, -0.1) is 0 Å². The molecular weight excluding hydrogens is 525 g/mol. The number of amides is 1. The lowest BCUT2D eigenvalue weighted by atomic mass is 9.94. The van der Waals surface area contributed by atoms with Crippen LogP contribution in [0.1, 0.15) is 68.6 Å². The van der Waals surface area contributed by atoms with Crippen LogP contribution in [-0.4, -0.2) is 68.0 Å². The van der Waals surface area contributed by atoms with Crippen LogP contribution in [0, 0.1) is 5.82 Å². The Labute approximate surface area is 239 Å². The number of carbonyl (C=O) groups excluding carboxylic acids is 2. The van der Waals surface area contributed by atoms with Crippen molar-refractivity contribution < 1.29 is 18.7 Å². The lowest BCUT2D eigenvalue weighted by Gasteiger charge is -2.34. The van der Waals surface area contributed by atoms with Gasteiger partial charge in [-0.1, -0.05) is 32.6 Å². The highest BCUT2D eigenvalue weighted by Gasteiger charge is 2.30. The molecule has 5 rings (SSSR count). The molecule has 4 heterocycles. The summed E-state index contributed by atoms with van der Waals surface area (Å²) in [4.78, 5) is 36.5. The molecule has 2 N–H and O–H groups in total. The number of fused-ring (bicyclic) bond motifs is 1. The van der Waals surface area contributed by atoms with Gasteiger partial charge >= 0.3 is 0 Å². The van der Waals surface area contributed by atoms with Crippen molar-refractivity contribution in [1.82, 2.24) is 24.5 Å². The van der Waals surface area contributed by atoms with Crippen molar-refractivity contribution >= 4 is 29.2 Å². The van der Waals surface area contributed by atoms with Crippen LogP contribution in [0.3, 0.4) is 0 Å². The van der Waals surface area contributed by atoms with Crippen LogP contribution >= 0.6 is 0 Å². The van der Waals surface area contributed by atoms with E-state index >= 15 is 0 Å². The van der Waals surface area contributed by atoms with Gasteiger partial charge < -0.3 is 20.3 Å². The van der Waals surface area contributed by atoms with Gasteiger partial charge in [0.1, 0.15) is 5.82 Å². The molecule has 0 saturated carbocycles. The first-order valence-electron chi connectivity index (χ1n) is 14.4. The zero-order chi connectivity index (χ0) is 28.9. The number of ketones is 1. The molecular formula is C30H38FN7O3. The fraction of sp³-hybridized carbons (Fsp3) is 0.500. The average molecular weight is 564 g/mol. The normalized spacial score (nSPS) is 18.0. The number of nitrogens with one attached hydrogen (secondary N) is 2. The van der Waals surface area contributed by atoms with Gasteiger partial charge in [-0.05, 0) is 55.7 Å². The molecule has 1 aromatic carbocycles. The quantitative estimate of drug-likeness (QED) is 0.352. The number of Topliss-reactive ketones (excluding diaryl/α,β-unsaturated/α-hetero) is 1. The molecule has 2 aliphatic rings. The summed E-state index contributed by atoms with van der Waals surface area (Å²) < 4.78 is 22.0. The predicted molar refractivity (Wildman–Crippen MR) is 154 cm³/mol. The number of likely N-dealkylation sites (tertiary alicyclic amines) is 1. The van der Waals surface area contributed by atoms with Gasteiger partial charge in [0.25, 0.3) is 0 Å². The van der Waals surface area contributed by atoms with Gasteiger partial charge in [-0.2, -0.15) is 19.6 Å². The van der Waals surface area contributed by atoms with Crippen LogP contribution in [0.4, 0.5) is 16.3 Å². The Hall–Kier alpha value is -3.86. The van der Waals surface area contributed by atoms with Crippen molar-refractivity contribution in [2.45, 2.75) is 76.9 Å². The number of aromatic nitrogens is 4. The molecule has 11 heteroatoms. The molecule has 0 bridgehead atoms. The highest BCUT2D eigenvalue weighted by Crippen LogP contribution is 2.24. The second-order valence-corrected chi connectivity index (χ2v) is 11.1. The Balaban J connectivity index is 1.34. The number of halogens is 1. The summed E-state index contributed by atoms with van der Waals surface area (Å²) in [5.74, 6) is 0.472. The Bertz CT molecular complexity index is 1420. The maximum atomic E-state index is 14.9. The van der Waals surface area contributed by atoms with Crippen molar-refractivity contribution in [2.75, 3.05) is 30.4 Å². The van der Waals surface area contributed by atoms with Crippen molar-refractivity contribution in [1.29, 1.82) is 0 Å². The Morgan fingerprint density at radius 1 is 1.20 bits per heavy atom. The number of piperidine rings is 1. The second kappa shape index (κ2) is 12.8. The molecule has 41 heavy (non-hydrogen) atoms. The van der Waals surface area contributed by atoms with Crippen molar-refractivity contribution in [3.8, 4) is 0 Å². The molecule has 2 aliphatic heterocycles. The summed E-state index contributed by atoms with van der Waals surface area (Å²) in [6, 6.07) is 4.43. The largest absolute Gasteiger partial charge is 0.381 e. The van der Waals surface area contributed by atoms with Gasteiger partial charge in [-0.3, -0.25) is 9.59 Å². The summed E-state index contributed by atoms with van der Waals surface area (Å²) in [6.45, 7) is 9.80. The van der Waals surface area contributed by atoms with Crippen molar-refractivity contribution in [2.24, 2.45) is 0 Å². The molecule has 0 radical (unpaired) electrons. The molecule has 2 fully saturated rings. The maximum absolute atomic E-state index is 14.9. The summed E-state index contributed by atoms with van der Waals surface area (Å²) in [5, 5.41) is 11.2. The van der Waals surface area contributed by atoms with Crippen LogP contribution in [-0.2, 0) is 27.3 Å². The topological polar surface area (TPSA) is 114 Å². The Morgan fingerprint density at radius 2 is 2.00 bits per heavy atom. The van der Waals surface area contributed by atoms with E-state index < -0.39 is 6.04 Å². The van der Waals surface area contributed by atoms with E-state index in [4.69, 9.17) is 9.72 Å². The molecule has 2 aromatic heterocycles. The van der Waals surface area contributed by atoms with E-state index in [2.05, 4.69) is 41.1 Å². The minimum Gasteiger partial charge on any atom is -0.381 e. The van der Waals surface area contributed by atoms with Gasteiger partial charge in [0.2, 0.25) is 17.8 Å². The van der Waals surface area contributed by atoms with Crippen molar-refractivity contribution in [3.63, 3.8) is 0 Å². The number of rotatable bonds is 10. The molecule has 1 unspecified atom stereocenters. The second-order valence-electron chi connectivity index (χ2n) is 11.1. The third-order valence-corrected chi connectivity index (χ3v) is 7.83. The first-order chi connectivity index (χ1) is 19.8. The van der Waals surface area contributed by atoms with Gasteiger partial charge in [0, 0.05) is 49.9 Å². The lowest BCUT2D eigenvalue weighted by molar-refractivity contribution is -0.137. The molecule has 1 amide bonds. The number of anilines is 2. The predicted octanol–water partition coefficient (Wildman–Crippen LogP) is 4.27. The van der Waals surface area contributed by atoms with Gasteiger partial charge in [-0.25, -0.2) is 4.39 Å². The molecule has 0 aliphatic carbocycles. The number of ether oxygens (including phenoxy) is 1. The molecule has 2 saturated heterocycles. The first-order valence-corrected chi connectivity index (χ1v) is 14.4. The van der Waals surface area contributed by atoms with Gasteiger partial charge in [0.15, 0.2) is 11.4 Å². The van der Waals surface area contributed by atoms with E-state index in [1.165, 1.54) is 12.1 Å². The van der Waals surface area contributed by atoms with Crippen LogP contribution in [0.15, 0.2) is 37.1 Å². The fourth-order valence-electron chi connectivity index (χ4n) is 5.52. The van der Waals surface area contributed by atoms with Crippen LogP contribution < -0.4 is 10.6 Å². The zero-order valence-electron chi connectivity index (χ0n) is 23.7. The molecule has 1 atom stereocenters. The van der Waals surface area contributed by atoms with E-state index in [-0.39, 0.29) is 42.4 Å². The minimum absolute atomic E-state index is 0.0514. The van der Waals surface area contributed by atoms with Crippen LogP contribution in [0.5, 0.6) is 0 Å². The highest BCUT2D eigenvalue weighted by atomic mass is 19.1. The van der Waals surface area contributed by atoms with Gasteiger partial charge in [0.05, 0.1) is 12.2 Å². The monoisotopic (exact) mass is 563 g/mol. The maximum Gasteiger partial charge on any atom is 0.246 e. The molecule has 0 spiro atoms. The molecule has 10 nitrogen and oxygen atoms in total. The van der Waals surface area contributed by atoms with E-state index in [0.29, 0.717) is 54.9 Å². The summed E-state index contributed by atoms with van der Waals surface area (Å²) in [6.07, 6.45) is 7.28. The van der Waals surface area contributed by atoms with E-state index in [0.717, 1.165) is 31.2 Å². The number of nitrogens with zero attached hydrogens (tertiary/aromatic N) is 5. The number of hydrogen-bond acceptors (Lipinski definition) is 8. The highest BCUT2D eigenvalue weighted by molar-refractivity contribution is 5.94. The van der Waals surface area contributed by atoms with Crippen LogP contribution in [0.2, 0.25) is 0 Å². The summed E-state index contributed by atoms with van der Waals surface area (Å²) in [5.41, 5.74) is 2.78. The Kier molecular flexibility index (Phi) is 8.92. The number of benzene rings is 1. The summed E-state index contributed by atoms with van der Waals surface area (Å²) in [7, 11) is 0. The fourth-order valence-corrected chi connectivity index (χ4v) is 5.52. The number of hydrogen-bond donors (Lipinski definition) is 2. The molecule has 3 aromatic rings. The SMILES string of the molecule is C=CC(=O)N1CCCCC1C(=O)Cc1ccc(F)c(CNc2nc(NC3CCOCC3)nc3c(C(C)C)cnn23)c1. The third kappa shape index (κ3) is 6.56. The Morgan fingerprint density at radius 3 is 2.76 bits per heavy atom. The van der Waals surface area contributed by atoms with E-state index in [1.54, 1.807) is 27.7 Å².